The number of hydrogen-bond acceptors (Lipinski definition) is 2. The molecule has 3 aromatic rings. The van der Waals surface area contributed by atoms with E-state index >= 15 is 0 Å². The van der Waals surface area contributed by atoms with Crippen molar-refractivity contribution in [2.75, 3.05) is 0 Å². The number of nitrogens with zero attached hydrogens (tertiary/aromatic N) is 1. The molecule has 24 heavy (non-hydrogen) atoms. The van der Waals surface area contributed by atoms with Crippen LogP contribution in [-0.4, -0.2) is 0 Å². The minimum atomic E-state index is 0.688. The molecule has 0 radical (unpaired) electrons. The Bertz CT molecular complexity index is 837. The number of unbranched alkanes of at least 4 members (excludes halogenated alkanes) is 4. The molecule has 2 nitrogen and oxygen atoms in total. The first-order valence-corrected chi connectivity index (χ1v) is 8.83. The molecule has 0 aliphatic rings. The highest BCUT2D eigenvalue weighted by molar-refractivity contribution is 5.84. The van der Waals surface area contributed by atoms with E-state index in [1.54, 1.807) is 0 Å². The minimum Gasteiger partial charge on any atom is -0.461 e. The van der Waals surface area contributed by atoms with Crippen LogP contribution in [0.3, 0.4) is 0 Å². The van der Waals surface area contributed by atoms with Crippen molar-refractivity contribution in [3.8, 4) is 17.2 Å². The molecule has 2 aromatic carbocycles. The maximum Gasteiger partial charge on any atom is 0.134 e. The number of furan rings is 1. The van der Waals surface area contributed by atoms with Crippen molar-refractivity contribution >= 4 is 11.0 Å². The fraction of sp³-hybridized carbons (Fsp3) is 0.318. The van der Waals surface area contributed by atoms with E-state index in [1.807, 2.05) is 30.3 Å². The van der Waals surface area contributed by atoms with Gasteiger partial charge in [0, 0.05) is 11.8 Å². The van der Waals surface area contributed by atoms with Gasteiger partial charge in [-0.05, 0) is 47.9 Å². The van der Waals surface area contributed by atoms with E-state index in [2.05, 4.69) is 31.2 Å². The van der Waals surface area contributed by atoms with Crippen LogP contribution >= 0.6 is 0 Å². The molecule has 0 spiro atoms. The van der Waals surface area contributed by atoms with Gasteiger partial charge in [0.1, 0.15) is 11.3 Å². The molecular weight excluding hydrogens is 294 g/mol. The highest BCUT2D eigenvalue weighted by Gasteiger charge is 2.06. The van der Waals surface area contributed by atoms with Crippen LogP contribution in [0, 0.1) is 11.3 Å². The van der Waals surface area contributed by atoms with Crippen molar-refractivity contribution in [3.05, 3.63) is 59.9 Å². The molecule has 3 rings (SSSR count). The normalized spacial score (nSPS) is 10.8. The average molecular weight is 317 g/mol. The molecule has 0 bridgehead atoms. The molecule has 0 amide bonds. The number of rotatable bonds is 7. The Kier molecular flexibility index (Phi) is 5.33. The quantitative estimate of drug-likeness (QED) is 0.467. The lowest BCUT2D eigenvalue weighted by Crippen LogP contribution is -1.82. The Labute approximate surface area is 143 Å². The molecule has 2 heteroatoms. The zero-order chi connectivity index (χ0) is 16.8. The van der Waals surface area contributed by atoms with E-state index < -0.39 is 0 Å². The Morgan fingerprint density at radius 2 is 1.62 bits per heavy atom. The summed E-state index contributed by atoms with van der Waals surface area (Å²) in [5.74, 6) is 1.08. The van der Waals surface area contributed by atoms with Crippen LogP contribution in [-0.2, 0) is 6.42 Å². The molecule has 0 atom stereocenters. The Morgan fingerprint density at radius 3 is 2.38 bits per heavy atom. The first-order valence-electron chi connectivity index (χ1n) is 8.83. The lowest BCUT2D eigenvalue weighted by Gasteiger charge is -2.01. The van der Waals surface area contributed by atoms with Crippen LogP contribution in [0.1, 0.15) is 50.4 Å². The molecule has 0 N–H and O–H groups in total. The molecule has 0 fully saturated rings. The molecule has 0 unspecified atom stereocenters. The summed E-state index contributed by atoms with van der Waals surface area (Å²) in [6, 6.07) is 18.3. The molecular formula is C22H23NO. The summed E-state index contributed by atoms with van der Waals surface area (Å²) in [7, 11) is 0. The van der Waals surface area contributed by atoms with Gasteiger partial charge in [-0.1, -0.05) is 50.8 Å². The maximum absolute atomic E-state index is 8.90. The average Bonchev–Trinajstić information content (AvgIpc) is 3.03. The smallest absolute Gasteiger partial charge is 0.134 e. The second-order valence-corrected chi connectivity index (χ2v) is 6.32. The second-order valence-electron chi connectivity index (χ2n) is 6.32. The van der Waals surface area contributed by atoms with Crippen molar-refractivity contribution in [1.82, 2.24) is 0 Å². The first kappa shape index (κ1) is 16.3. The largest absolute Gasteiger partial charge is 0.461 e. The van der Waals surface area contributed by atoms with Crippen LogP contribution in [0.25, 0.3) is 22.1 Å². The van der Waals surface area contributed by atoms with Gasteiger partial charge in [0.25, 0.3) is 0 Å². The van der Waals surface area contributed by atoms with E-state index in [9.17, 15) is 0 Å². The van der Waals surface area contributed by atoms with Crippen LogP contribution in [0.4, 0.5) is 0 Å². The number of benzene rings is 2. The Morgan fingerprint density at radius 1 is 0.875 bits per heavy atom. The topological polar surface area (TPSA) is 36.9 Å². The maximum atomic E-state index is 8.90. The molecule has 122 valence electrons. The van der Waals surface area contributed by atoms with Crippen LogP contribution in [0.5, 0.6) is 0 Å². The van der Waals surface area contributed by atoms with Gasteiger partial charge in [-0.2, -0.15) is 5.26 Å². The zero-order valence-corrected chi connectivity index (χ0v) is 14.2. The second kappa shape index (κ2) is 7.84. The van der Waals surface area contributed by atoms with E-state index in [4.69, 9.17) is 9.68 Å². The van der Waals surface area contributed by atoms with Gasteiger partial charge in [-0.3, -0.25) is 0 Å². The number of nitriles is 1. The van der Waals surface area contributed by atoms with E-state index in [0.717, 1.165) is 34.3 Å². The fourth-order valence-electron chi connectivity index (χ4n) is 3.04. The fourth-order valence-corrected chi connectivity index (χ4v) is 3.04. The molecule has 1 aromatic heterocycles. The van der Waals surface area contributed by atoms with Crippen molar-refractivity contribution in [2.24, 2.45) is 0 Å². The lowest BCUT2D eigenvalue weighted by atomic mass is 10.0. The molecule has 0 saturated heterocycles. The molecule has 0 saturated carbocycles. The minimum absolute atomic E-state index is 0.688. The van der Waals surface area contributed by atoms with Crippen molar-refractivity contribution in [3.63, 3.8) is 0 Å². The van der Waals surface area contributed by atoms with Gasteiger partial charge in [0.15, 0.2) is 0 Å². The molecule has 1 heterocycles. The van der Waals surface area contributed by atoms with Gasteiger partial charge in [-0.25, -0.2) is 0 Å². The standard InChI is InChI=1S/C22H23NO/c1-2-3-4-5-6-7-21-15-20-14-19(12-13-22(20)24-21)18-10-8-17(16-23)9-11-18/h8-15H,2-7H2,1H3. The van der Waals surface area contributed by atoms with Crippen LogP contribution in [0.15, 0.2) is 52.9 Å². The summed E-state index contributed by atoms with van der Waals surface area (Å²) < 4.78 is 5.96. The van der Waals surface area contributed by atoms with Gasteiger partial charge < -0.3 is 4.42 Å². The highest BCUT2D eigenvalue weighted by atomic mass is 16.3. The molecule has 0 aliphatic carbocycles. The number of hydrogen-bond donors (Lipinski definition) is 0. The van der Waals surface area contributed by atoms with Crippen LogP contribution in [0.2, 0.25) is 0 Å². The van der Waals surface area contributed by atoms with Gasteiger partial charge >= 0.3 is 0 Å². The zero-order valence-electron chi connectivity index (χ0n) is 14.2. The van der Waals surface area contributed by atoms with Gasteiger partial charge in [0.05, 0.1) is 11.6 Å². The lowest BCUT2D eigenvalue weighted by molar-refractivity contribution is 0.524. The summed E-state index contributed by atoms with van der Waals surface area (Å²) in [6.45, 7) is 2.24. The summed E-state index contributed by atoms with van der Waals surface area (Å²) in [6.07, 6.45) is 7.42. The van der Waals surface area contributed by atoms with E-state index in [-0.39, 0.29) is 0 Å². The van der Waals surface area contributed by atoms with Crippen molar-refractivity contribution < 1.29 is 4.42 Å². The predicted octanol–water partition coefficient (Wildman–Crippen LogP) is 6.48. The van der Waals surface area contributed by atoms with E-state index in [0.29, 0.717) is 5.56 Å². The predicted molar refractivity (Wildman–Crippen MR) is 98.8 cm³/mol. The van der Waals surface area contributed by atoms with Crippen molar-refractivity contribution in [1.29, 1.82) is 5.26 Å². The van der Waals surface area contributed by atoms with Crippen LogP contribution < -0.4 is 0 Å². The summed E-state index contributed by atoms with van der Waals surface area (Å²) >= 11 is 0. The van der Waals surface area contributed by atoms with Gasteiger partial charge in [0.2, 0.25) is 0 Å². The molecule has 0 aliphatic heterocycles. The highest BCUT2D eigenvalue weighted by Crippen LogP contribution is 2.27. The SMILES string of the molecule is CCCCCCCc1cc2cc(-c3ccc(C#N)cc3)ccc2o1. The van der Waals surface area contributed by atoms with Crippen molar-refractivity contribution in [2.45, 2.75) is 45.4 Å². The first-order chi connectivity index (χ1) is 11.8. The third-order valence-electron chi connectivity index (χ3n) is 4.44. The Hall–Kier alpha value is -2.53. The summed E-state index contributed by atoms with van der Waals surface area (Å²) in [4.78, 5) is 0. The number of aryl methyl sites for hydroxylation is 1. The van der Waals surface area contributed by atoms with E-state index in [1.165, 1.54) is 32.1 Å². The Balaban J connectivity index is 1.72. The monoisotopic (exact) mass is 317 g/mol. The third-order valence-corrected chi connectivity index (χ3v) is 4.44. The van der Waals surface area contributed by atoms with Gasteiger partial charge in [-0.15, -0.1) is 0 Å². The summed E-state index contributed by atoms with van der Waals surface area (Å²) in [5, 5.41) is 10.1. The third kappa shape index (κ3) is 3.86. The summed E-state index contributed by atoms with van der Waals surface area (Å²) in [5.41, 5.74) is 3.92. The number of fused-ring (bicyclic) bond motifs is 1.